The van der Waals surface area contributed by atoms with Crippen molar-refractivity contribution in [3.8, 4) is 11.1 Å². The Morgan fingerprint density at radius 2 is 1.09 bits per heavy atom. The normalized spacial score (nSPS) is 11.6. The first-order valence-electron chi connectivity index (χ1n) is 14.9. The molecule has 0 saturated heterocycles. The fourth-order valence-electron chi connectivity index (χ4n) is 6.59. The van der Waals surface area contributed by atoms with Gasteiger partial charge in [-0.3, -0.25) is 4.98 Å². The molecule has 0 radical (unpaired) electrons. The third-order valence-electron chi connectivity index (χ3n) is 8.72. The Kier molecular flexibility index (Phi) is 5.50. The van der Waals surface area contributed by atoms with Crippen molar-refractivity contribution in [2.75, 3.05) is 4.90 Å². The van der Waals surface area contributed by atoms with Crippen LogP contribution in [0.4, 0.5) is 17.1 Å². The highest BCUT2D eigenvalue weighted by Gasteiger charge is 2.15. The zero-order valence-corrected chi connectivity index (χ0v) is 23.8. The lowest BCUT2D eigenvalue weighted by atomic mass is 9.96. The highest BCUT2D eigenvalue weighted by Crippen LogP contribution is 2.40. The summed E-state index contributed by atoms with van der Waals surface area (Å²) < 4.78 is 6.11. The van der Waals surface area contributed by atoms with Crippen LogP contribution in [-0.4, -0.2) is 4.98 Å². The summed E-state index contributed by atoms with van der Waals surface area (Å²) in [6, 6.07) is 52.2. The van der Waals surface area contributed by atoms with Crippen molar-refractivity contribution in [3.05, 3.63) is 158 Å². The summed E-state index contributed by atoms with van der Waals surface area (Å²) in [5.41, 5.74) is 7.27. The largest absolute Gasteiger partial charge is 0.454 e. The number of anilines is 3. The van der Waals surface area contributed by atoms with E-state index < -0.39 is 0 Å². The average molecular weight is 563 g/mol. The van der Waals surface area contributed by atoms with E-state index in [1.54, 1.807) is 6.20 Å². The second kappa shape index (κ2) is 9.82. The van der Waals surface area contributed by atoms with Crippen molar-refractivity contribution in [2.24, 2.45) is 0 Å². The molecule has 0 atom stereocenters. The fourth-order valence-corrected chi connectivity index (χ4v) is 6.59. The summed E-state index contributed by atoms with van der Waals surface area (Å²) in [6.07, 6.45) is 3.59. The van der Waals surface area contributed by atoms with Crippen LogP contribution in [0.3, 0.4) is 0 Å². The van der Waals surface area contributed by atoms with Crippen LogP contribution in [0, 0.1) is 0 Å². The first kappa shape index (κ1) is 24.6. The molecule has 9 rings (SSSR count). The van der Waals surface area contributed by atoms with E-state index in [2.05, 4.69) is 149 Å². The number of furan rings is 1. The molecule has 0 N–H and O–H groups in total. The predicted molar refractivity (Wildman–Crippen MR) is 184 cm³/mol. The van der Waals surface area contributed by atoms with Crippen LogP contribution in [0.15, 0.2) is 162 Å². The number of nitrogens with zero attached hydrogens (tertiary/aromatic N) is 2. The predicted octanol–water partition coefficient (Wildman–Crippen LogP) is 11.6. The quantitative estimate of drug-likeness (QED) is 0.200. The van der Waals surface area contributed by atoms with E-state index in [0.717, 1.165) is 50.1 Å². The van der Waals surface area contributed by atoms with Crippen LogP contribution in [0.25, 0.3) is 65.4 Å². The lowest BCUT2D eigenvalue weighted by Gasteiger charge is -2.26. The van der Waals surface area contributed by atoms with Gasteiger partial charge in [0.05, 0.1) is 6.20 Å². The molecule has 0 aliphatic rings. The molecule has 206 valence electrons. The zero-order valence-electron chi connectivity index (χ0n) is 23.8. The van der Waals surface area contributed by atoms with E-state index in [1.165, 1.54) is 32.3 Å². The van der Waals surface area contributed by atoms with Crippen LogP contribution in [0.5, 0.6) is 0 Å². The maximum absolute atomic E-state index is 6.11. The lowest BCUT2D eigenvalue weighted by Crippen LogP contribution is -2.09. The van der Waals surface area contributed by atoms with Gasteiger partial charge in [-0.2, -0.15) is 0 Å². The van der Waals surface area contributed by atoms with E-state index in [4.69, 9.17) is 4.42 Å². The first-order chi connectivity index (χ1) is 21.8. The molecule has 7 aromatic carbocycles. The molecule has 0 spiro atoms. The molecule has 0 bridgehead atoms. The van der Waals surface area contributed by atoms with Crippen LogP contribution in [-0.2, 0) is 0 Å². The van der Waals surface area contributed by atoms with Crippen molar-refractivity contribution >= 4 is 71.3 Å². The Morgan fingerprint density at radius 1 is 0.432 bits per heavy atom. The molecule has 0 fully saturated rings. The summed E-state index contributed by atoms with van der Waals surface area (Å²) in [4.78, 5) is 6.55. The number of hydrogen-bond donors (Lipinski definition) is 0. The van der Waals surface area contributed by atoms with Gasteiger partial charge in [-0.1, -0.05) is 91.0 Å². The zero-order chi connectivity index (χ0) is 29.0. The summed E-state index contributed by atoms with van der Waals surface area (Å²) in [6.45, 7) is 0. The molecular formula is C41H26N2O. The Labute approximate surface area is 254 Å². The number of aromatic nitrogens is 1. The number of hydrogen-bond acceptors (Lipinski definition) is 3. The lowest BCUT2D eigenvalue weighted by molar-refractivity contribution is 0.667. The Morgan fingerprint density at radius 3 is 1.95 bits per heavy atom. The molecule has 2 heterocycles. The SMILES string of the molecule is c1ccc(N(c2ccc(-c3ccc4c(c3)oc3cnccc34)cc2)c2ccc3ccc4ccc5ccccc5c4c3c2)cc1. The van der Waals surface area contributed by atoms with Crippen molar-refractivity contribution in [3.63, 3.8) is 0 Å². The average Bonchev–Trinajstić information content (AvgIpc) is 3.47. The number of fused-ring (bicyclic) bond motifs is 8. The minimum absolute atomic E-state index is 0.810. The number of benzene rings is 7. The van der Waals surface area contributed by atoms with Crippen LogP contribution < -0.4 is 4.90 Å². The van der Waals surface area contributed by atoms with E-state index in [-0.39, 0.29) is 0 Å². The second-order valence-electron chi connectivity index (χ2n) is 11.3. The molecule has 0 aliphatic heterocycles. The Balaban J connectivity index is 1.18. The highest BCUT2D eigenvalue weighted by atomic mass is 16.3. The van der Waals surface area contributed by atoms with E-state index in [1.807, 2.05) is 12.3 Å². The van der Waals surface area contributed by atoms with Gasteiger partial charge in [0.1, 0.15) is 5.58 Å². The molecule has 0 aliphatic carbocycles. The molecule has 3 nitrogen and oxygen atoms in total. The van der Waals surface area contributed by atoms with Crippen molar-refractivity contribution in [2.45, 2.75) is 0 Å². The standard InChI is InChI=1S/C41H26N2O/c1-2-7-32(8-3-1)43(34-20-16-29-11-13-30-12-10-28-6-4-5-9-35(28)41(30)38(29)25-34)33-18-14-27(15-19-33)31-17-21-36-37-22-23-42-26-40(37)44-39(36)24-31/h1-26H. The molecule has 0 unspecified atom stereocenters. The molecular weight excluding hydrogens is 536 g/mol. The summed E-state index contributed by atoms with van der Waals surface area (Å²) in [5.74, 6) is 0. The van der Waals surface area contributed by atoms with Crippen molar-refractivity contribution in [1.29, 1.82) is 0 Å². The molecule has 44 heavy (non-hydrogen) atoms. The first-order valence-corrected chi connectivity index (χ1v) is 14.9. The van der Waals surface area contributed by atoms with Gasteiger partial charge >= 0.3 is 0 Å². The number of para-hydroxylation sites is 1. The van der Waals surface area contributed by atoms with E-state index in [0.29, 0.717) is 0 Å². The van der Waals surface area contributed by atoms with Gasteiger partial charge in [0, 0.05) is 34.0 Å². The minimum atomic E-state index is 0.810. The molecule has 9 aromatic rings. The van der Waals surface area contributed by atoms with Gasteiger partial charge in [-0.05, 0) is 98.0 Å². The van der Waals surface area contributed by atoms with Crippen molar-refractivity contribution < 1.29 is 4.42 Å². The summed E-state index contributed by atoms with van der Waals surface area (Å²) in [7, 11) is 0. The smallest absolute Gasteiger partial charge is 0.153 e. The van der Waals surface area contributed by atoms with E-state index >= 15 is 0 Å². The summed E-state index contributed by atoms with van der Waals surface area (Å²) in [5, 5.41) is 9.76. The Bertz CT molecular complexity index is 2490. The van der Waals surface area contributed by atoms with Crippen molar-refractivity contribution in [1.82, 2.24) is 4.98 Å². The van der Waals surface area contributed by atoms with Gasteiger partial charge < -0.3 is 9.32 Å². The topological polar surface area (TPSA) is 29.3 Å². The number of rotatable bonds is 4. The third kappa shape index (κ3) is 3.94. The van der Waals surface area contributed by atoms with Crippen LogP contribution >= 0.6 is 0 Å². The number of pyridine rings is 1. The monoisotopic (exact) mass is 562 g/mol. The Hall–Kier alpha value is -5.93. The van der Waals surface area contributed by atoms with Gasteiger partial charge in [0.15, 0.2) is 5.58 Å². The van der Waals surface area contributed by atoms with E-state index in [9.17, 15) is 0 Å². The second-order valence-corrected chi connectivity index (χ2v) is 11.3. The maximum Gasteiger partial charge on any atom is 0.153 e. The minimum Gasteiger partial charge on any atom is -0.454 e. The third-order valence-corrected chi connectivity index (χ3v) is 8.72. The van der Waals surface area contributed by atoms with Crippen LogP contribution in [0.2, 0.25) is 0 Å². The highest BCUT2D eigenvalue weighted by molar-refractivity contribution is 6.20. The molecule has 0 amide bonds. The molecule has 0 saturated carbocycles. The van der Waals surface area contributed by atoms with Gasteiger partial charge in [-0.25, -0.2) is 0 Å². The van der Waals surface area contributed by atoms with Gasteiger partial charge in [-0.15, -0.1) is 0 Å². The fraction of sp³-hybridized carbons (Fsp3) is 0. The maximum atomic E-state index is 6.11. The summed E-state index contributed by atoms with van der Waals surface area (Å²) >= 11 is 0. The van der Waals surface area contributed by atoms with Gasteiger partial charge in [0.25, 0.3) is 0 Å². The van der Waals surface area contributed by atoms with Gasteiger partial charge in [0.2, 0.25) is 0 Å². The van der Waals surface area contributed by atoms with Crippen LogP contribution in [0.1, 0.15) is 0 Å². The molecule has 2 aromatic heterocycles. The molecule has 3 heteroatoms.